The van der Waals surface area contributed by atoms with Gasteiger partial charge in [-0.15, -0.1) is 11.8 Å². The van der Waals surface area contributed by atoms with Crippen molar-refractivity contribution in [3.8, 4) is 0 Å². The Labute approximate surface area is 134 Å². The van der Waals surface area contributed by atoms with E-state index in [1.165, 1.54) is 74.9 Å². The van der Waals surface area contributed by atoms with Crippen LogP contribution in [0.15, 0.2) is 29.2 Å². The third-order valence-corrected chi connectivity index (χ3v) is 4.88. The first kappa shape index (κ1) is 18.3. The summed E-state index contributed by atoms with van der Waals surface area (Å²) in [6.07, 6.45) is 14.8. The number of carbonyl (C=O) groups is 1. The van der Waals surface area contributed by atoms with Gasteiger partial charge in [-0.1, -0.05) is 76.8 Å². The summed E-state index contributed by atoms with van der Waals surface area (Å²) >= 11 is 1.90. The van der Waals surface area contributed by atoms with Gasteiger partial charge in [-0.2, -0.15) is 0 Å². The van der Waals surface area contributed by atoms with Crippen molar-refractivity contribution in [2.24, 2.45) is 0 Å². The molecule has 0 saturated heterocycles. The maximum absolute atomic E-state index is 10.6. The number of rotatable bonds is 13. The molecule has 0 fully saturated rings. The number of unbranched alkanes of at least 4 members (excludes halogenated alkanes) is 9. The predicted octanol–water partition coefficient (Wildman–Crippen LogP) is 6.51. The third kappa shape index (κ3) is 9.73. The first-order chi connectivity index (χ1) is 10.4. The van der Waals surface area contributed by atoms with Crippen LogP contribution in [0.4, 0.5) is 0 Å². The molecule has 0 heterocycles. The van der Waals surface area contributed by atoms with Crippen molar-refractivity contribution >= 4 is 18.0 Å². The van der Waals surface area contributed by atoms with E-state index in [4.69, 9.17) is 0 Å². The molecule has 0 bridgehead atoms. The van der Waals surface area contributed by atoms with Gasteiger partial charge in [0.05, 0.1) is 0 Å². The third-order valence-electron chi connectivity index (χ3n) is 3.78. The number of benzene rings is 1. The van der Waals surface area contributed by atoms with Gasteiger partial charge in [0.1, 0.15) is 6.29 Å². The fourth-order valence-electron chi connectivity index (χ4n) is 2.42. The zero-order valence-corrected chi connectivity index (χ0v) is 14.3. The first-order valence-corrected chi connectivity index (χ1v) is 9.53. The highest BCUT2D eigenvalue weighted by Gasteiger charge is 1.96. The van der Waals surface area contributed by atoms with Crippen LogP contribution in [0.2, 0.25) is 0 Å². The molecule has 1 aromatic rings. The van der Waals surface area contributed by atoms with Gasteiger partial charge >= 0.3 is 0 Å². The van der Waals surface area contributed by atoms with E-state index >= 15 is 0 Å². The highest BCUT2D eigenvalue weighted by molar-refractivity contribution is 7.99. The van der Waals surface area contributed by atoms with Crippen LogP contribution in [0.5, 0.6) is 0 Å². The van der Waals surface area contributed by atoms with Gasteiger partial charge in [0.25, 0.3) is 0 Å². The van der Waals surface area contributed by atoms with E-state index < -0.39 is 0 Å². The summed E-state index contributed by atoms with van der Waals surface area (Å²) in [6.45, 7) is 2.27. The van der Waals surface area contributed by atoms with Gasteiger partial charge in [0.15, 0.2) is 0 Å². The Hall–Kier alpha value is -0.760. The van der Waals surface area contributed by atoms with E-state index in [0.29, 0.717) is 0 Å². The van der Waals surface area contributed by atoms with Crippen molar-refractivity contribution in [2.45, 2.75) is 76.0 Å². The molecule has 1 rings (SSSR count). The lowest BCUT2D eigenvalue weighted by molar-refractivity contribution is 0.112. The van der Waals surface area contributed by atoms with Crippen LogP contribution in [-0.2, 0) is 0 Å². The van der Waals surface area contributed by atoms with Crippen LogP contribution in [0, 0.1) is 0 Å². The summed E-state index contributed by atoms with van der Waals surface area (Å²) in [5.74, 6) is 1.19. The lowest BCUT2D eigenvalue weighted by Crippen LogP contribution is -1.84. The summed E-state index contributed by atoms with van der Waals surface area (Å²) in [7, 11) is 0. The topological polar surface area (TPSA) is 17.1 Å². The molecule has 0 N–H and O–H groups in total. The number of aldehydes is 1. The zero-order valence-electron chi connectivity index (χ0n) is 13.5. The number of thioether (sulfide) groups is 1. The minimum Gasteiger partial charge on any atom is -0.298 e. The van der Waals surface area contributed by atoms with E-state index in [-0.39, 0.29) is 0 Å². The van der Waals surface area contributed by atoms with Crippen molar-refractivity contribution in [2.75, 3.05) is 5.75 Å². The average Bonchev–Trinajstić information content (AvgIpc) is 2.53. The fraction of sp³-hybridized carbons (Fsp3) is 0.632. The summed E-state index contributed by atoms with van der Waals surface area (Å²) in [5, 5.41) is 0. The van der Waals surface area contributed by atoms with Crippen molar-refractivity contribution < 1.29 is 4.79 Å². The Morgan fingerprint density at radius 2 is 1.33 bits per heavy atom. The molecule has 0 spiro atoms. The van der Waals surface area contributed by atoms with Crippen molar-refractivity contribution in [1.29, 1.82) is 0 Å². The minimum absolute atomic E-state index is 0.762. The largest absolute Gasteiger partial charge is 0.298 e. The van der Waals surface area contributed by atoms with Gasteiger partial charge in [-0.3, -0.25) is 4.79 Å². The second-order valence-electron chi connectivity index (χ2n) is 5.72. The summed E-state index contributed by atoms with van der Waals surface area (Å²) in [6, 6.07) is 7.89. The highest BCUT2D eigenvalue weighted by Crippen LogP contribution is 2.20. The normalized spacial score (nSPS) is 10.7. The van der Waals surface area contributed by atoms with Gasteiger partial charge in [-0.05, 0) is 24.3 Å². The molecule has 0 atom stereocenters. The van der Waals surface area contributed by atoms with Gasteiger partial charge < -0.3 is 0 Å². The predicted molar refractivity (Wildman–Crippen MR) is 94.4 cm³/mol. The van der Waals surface area contributed by atoms with E-state index in [1.807, 2.05) is 36.0 Å². The molecule has 0 radical (unpaired) electrons. The van der Waals surface area contributed by atoms with Gasteiger partial charge in [0.2, 0.25) is 0 Å². The minimum atomic E-state index is 0.762. The van der Waals surface area contributed by atoms with Crippen LogP contribution in [0.1, 0.15) is 81.5 Å². The molecule has 1 nitrogen and oxygen atoms in total. The van der Waals surface area contributed by atoms with E-state index in [1.54, 1.807) is 0 Å². The van der Waals surface area contributed by atoms with Crippen molar-refractivity contribution in [3.63, 3.8) is 0 Å². The van der Waals surface area contributed by atoms with Crippen LogP contribution in [-0.4, -0.2) is 12.0 Å². The maximum atomic E-state index is 10.6. The lowest BCUT2D eigenvalue weighted by atomic mass is 10.1. The van der Waals surface area contributed by atoms with Crippen LogP contribution >= 0.6 is 11.8 Å². The number of carbonyl (C=O) groups excluding carboxylic acids is 1. The molecule has 0 aliphatic rings. The van der Waals surface area contributed by atoms with Gasteiger partial charge in [-0.25, -0.2) is 0 Å². The highest BCUT2D eigenvalue weighted by atomic mass is 32.2. The Morgan fingerprint density at radius 3 is 1.86 bits per heavy atom. The molecule has 118 valence electrons. The lowest BCUT2D eigenvalue weighted by Gasteiger charge is -2.03. The van der Waals surface area contributed by atoms with Crippen molar-refractivity contribution in [3.05, 3.63) is 29.8 Å². The van der Waals surface area contributed by atoms with Crippen LogP contribution in [0.3, 0.4) is 0 Å². The maximum Gasteiger partial charge on any atom is 0.150 e. The van der Waals surface area contributed by atoms with E-state index in [2.05, 4.69) is 6.92 Å². The zero-order chi connectivity index (χ0) is 15.2. The molecule has 0 aliphatic carbocycles. The molecule has 2 heteroatoms. The second-order valence-corrected chi connectivity index (χ2v) is 6.89. The molecular formula is C19H30OS. The quantitative estimate of drug-likeness (QED) is 0.235. The van der Waals surface area contributed by atoms with Crippen LogP contribution < -0.4 is 0 Å². The Morgan fingerprint density at radius 1 is 0.810 bits per heavy atom. The van der Waals surface area contributed by atoms with Crippen molar-refractivity contribution in [1.82, 2.24) is 0 Å². The smallest absolute Gasteiger partial charge is 0.150 e. The second kappa shape index (κ2) is 12.9. The fourth-order valence-corrected chi connectivity index (χ4v) is 3.33. The molecule has 0 unspecified atom stereocenters. The average molecular weight is 307 g/mol. The van der Waals surface area contributed by atoms with E-state index in [9.17, 15) is 4.79 Å². The number of hydrogen-bond donors (Lipinski definition) is 0. The van der Waals surface area contributed by atoms with E-state index in [0.717, 1.165) is 11.8 Å². The summed E-state index contributed by atoms with van der Waals surface area (Å²) in [4.78, 5) is 11.8. The summed E-state index contributed by atoms with van der Waals surface area (Å²) in [5.41, 5.74) is 0.762. The molecule has 21 heavy (non-hydrogen) atoms. The Balaban J connectivity index is 1.89. The first-order valence-electron chi connectivity index (χ1n) is 8.55. The van der Waals surface area contributed by atoms with Gasteiger partial charge in [0, 0.05) is 10.5 Å². The Bertz CT molecular complexity index is 358. The SMILES string of the molecule is CCCCCCCCCCCCSc1ccc(C=O)cc1. The Kier molecular flexibility index (Phi) is 11.3. The molecule has 0 amide bonds. The molecule has 0 aromatic heterocycles. The molecule has 1 aromatic carbocycles. The molecular weight excluding hydrogens is 276 g/mol. The molecule has 0 saturated carbocycles. The van der Waals surface area contributed by atoms with Crippen LogP contribution in [0.25, 0.3) is 0 Å². The number of hydrogen-bond acceptors (Lipinski definition) is 2. The standard InChI is InChI=1S/C19H30OS/c1-2-3-4-5-6-7-8-9-10-11-16-21-19-14-12-18(17-20)13-15-19/h12-15,17H,2-11,16H2,1H3. The molecule has 0 aliphatic heterocycles. The monoisotopic (exact) mass is 306 g/mol. The summed E-state index contributed by atoms with van der Waals surface area (Å²) < 4.78 is 0.